The van der Waals surface area contributed by atoms with Crippen LogP contribution in [0, 0.1) is 17.7 Å². The van der Waals surface area contributed by atoms with Crippen LogP contribution in [-0.4, -0.2) is 15.9 Å². The van der Waals surface area contributed by atoms with Crippen LogP contribution in [0.2, 0.25) is 0 Å². The van der Waals surface area contributed by atoms with Gasteiger partial charge >= 0.3 is 0 Å². The lowest BCUT2D eigenvalue weighted by molar-refractivity contribution is -0.116. The van der Waals surface area contributed by atoms with Gasteiger partial charge in [-0.25, -0.2) is 14.4 Å². The fraction of sp³-hybridized carbons (Fsp3) is 0.522. The highest BCUT2D eigenvalue weighted by atomic mass is 19.1. The first-order chi connectivity index (χ1) is 13.5. The van der Waals surface area contributed by atoms with Crippen LogP contribution in [-0.2, 0) is 24.1 Å². The molecule has 2 aliphatic carbocycles. The number of nitrogens with zero attached hydrogens (tertiary/aromatic N) is 2. The summed E-state index contributed by atoms with van der Waals surface area (Å²) in [6, 6.07) is 4.91. The van der Waals surface area contributed by atoms with E-state index in [4.69, 9.17) is 9.97 Å². The Morgan fingerprint density at radius 2 is 2.00 bits per heavy atom. The topological polar surface area (TPSA) is 54.9 Å². The lowest BCUT2D eigenvalue weighted by Gasteiger charge is -2.22. The summed E-state index contributed by atoms with van der Waals surface area (Å²) in [6.45, 7) is 4.07. The zero-order chi connectivity index (χ0) is 19.7. The van der Waals surface area contributed by atoms with Gasteiger partial charge in [-0.3, -0.25) is 4.79 Å². The number of benzene rings is 1. The average Bonchev–Trinajstić information content (AvgIpc) is 3.14. The van der Waals surface area contributed by atoms with E-state index in [9.17, 15) is 9.18 Å². The van der Waals surface area contributed by atoms with Crippen LogP contribution in [0.15, 0.2) is 18.2 Å². The Morgan fingerprint density at radius 1 is 1.21 bits per heavy atom. The van der Waals surface area contributed by atoms with Gasteiger partial charge in [0.25, 0.3) is 0 Å². The number of aromatic nitrogens is 2. The maximum absolute atomic E-state index is 13.6. The van der Waals surface area contributed by atoms with Crippen molar-refractivity contribution in [3.8, 4) is 11.3 Å². The van der Waals surface area contributed by atoms with Crippen molar-refractivity contribution in [2.75, 3.05) is 5.32 Å². The van der Waals surface area contributed by atoms with E-state index < -0.39 is 0 Å². The number of hydrogen-bond acceptors (Lipinski definition) is 3. The molecule has 1 N–H and O–H groups in total. The fourth-order valence-corrected chi connectivity index (χ4v) is 4.43. The summed E-state index contributed by atoms with van der Waals surface area (Å²) < 4.78 is 13.6. The van der Waals surface area contributed by atoms with E-state index in [2.05, 4.69) is 5.32 Å². The summed E-state index contributed by atoms with van der Waals surface area (Å²) in [7, 11) is 0. The number of fused-ring (bicyclic) bond motifs is 3. The second-order valence-corrected chi connectivity index (χ2v) is 8.62. The minimum atomic E-state index is -0.209. The van der Waals surface area contributed by atoms with Crippen molar-refractivity contribution in [2.45, 2.75) is 65.2 Å². The van der Waals surface area contributed by atoms with Crippen molar-refractivity contribution in [2.24, 2.45) is 11.8 Å². The van der Waals surface area contributed by atoms with E-state index in [1.807, 2.05) is 19.9 Å². The summed E-state index contributed by atoms with van der Waals surface area (Å²) in [5, 5.41) is 3.03. The van der Waals surface area contributed by atoms with Crippen molar-refractivity contribution in [1.29, 1.82) is 0 Å². The van der Waals surface area contributed by atoms with Crippen molar-refractivity contribution in [3.05, 3.63) is 41.0 Å². The number of rotatable bonds is 5. The third-order valence-electron chi connectivity index (χ3n) is 5.80. The number of aryl methyl sites for hydroxylation is 2. The molecule has 1 amide bonds. The molecule has 0 aliphatic heterocycles. The van der Waals surface area contributed by atoms with Gasteiger partial charge < -0.3 is 5.32 Å². The number of halogens is 1. The molecule has 0 radical (unpaired) electrons. The van der Waals surface area contributed by atoms with Crippen molar-refractivity contribution < 1.29 is 9.18 Å². The number of anilines is 1. The molecule has 1 aromatic carbocycles. The molecule has 28 heavy (non-hydrogen) atoms. The first-order valence-electron chi connectivity index (χ1n) is 10.5. The molecule has 0 bridgehead atoms. The lowest BCUT2D eigenvalue weighted by atomic mass is 9.91. The molecule has 0 saturated heterocycles. The normalized spacial score (nSPS) is 16.1. The Kier molecular flexibility index (Phi) is 5.42. The van der Waals surface area contributed by atoms with Gasteiger partial charge in [-0.05, 0) is 54.9 Å². The van der Waals surface area contributed by atoms with Gasteiger partial charge in [-0.1, -0.05) is 39.5 Å². The first-order valence-corrected chi connectivity index (χ1v) is 10.5. The molecule has 0 atom stereocenters. The standard InChI is InChI=1S/C23H28FN3O/c1-14(2)11-21(28)27-23-20(12-15-5-3-4-6-15)25-22-18-9-8-17(24)13-16(18)7-10-19(22)26-23/h8-9,13-15H,3-7,10-12H2,1-2H3,(H,26,27,28). The molecule has 1 saturated carbocycles. The van der Waals surface area contributed by atoms with Gasteiger partial charge in [-0.2, -0.15) is 0 Å². The highest BCUT2D eigenvalue weighted by molar-refractivity contribution is 5.90. The predicted octanol–water partition coefficient (Wildman–Crippen LogP) is 5.10. The Labute approximate surface area is 166 Å². The Hall–Kier alpha value is -2.30. The minimum Gasteiger partial charge on any atom is -0.309 e. The number of amides is 1. The van der Waals surface area contributed by atoms with Crippen LogP contribution >= 0.6 is 0 Å². The van der Waals surface area contributed by atoms with Crippen LogP contribution in [0.1, 0.15) is 62.9 Å². The molecule has 4 nitrogen and oxygen atoms in total. The van der Waals surface area contributed by atoms with E-state index in [0.29, 0.717) is 24.1 Å². The summed E-state index contributed by atoms with van der Waals surface area (Å²) in [4.78, 5) is 22.2. The minimum absolute atomic E-state index is 0.00444. The summed E-state index contributed by atoms with van der Waals surface area (Å²) in [6.07, 6.45) is 7.73. The van der Waals surface area contributed by atoms with E-state index in [-0.39, 0.29) is 11.7 Å². The second kappa shape index (κ2) is 7.98. The highest BCUT2D eigenvalue weighted by Gasteiger charge is 2.25. The van der Waals surface area contributed by atoms with E-state index in [1.54, 1.807) is 6.07 Å². The number of carbonyl (C=O) groups excluding carboxylic acids is 1. The average molecular weight is 381 g/mol. The Balaban J connectivity index is 1.71. The van der Waals surface area contributed by atoms with Gasteiger partial charge in [0.05, 0.1) is 17.1 Å². The van der Waals surface area contributed by atoms with E-state index >= 15 is 0 Å². The van der Waals surface area contributed by atoms with Crippen molar-refractivity contribution in [1.82, 2.24) is 9.97 Å². The molecule has 0 spiro atoms. The second-order valence-electron chi connectivity index (χ2n) is 8.62. The maximum Gasteiger partial charge on any atom is 0.225 e. The summed E-state index contributed by atoms with van der Waals surface area (Å²) in [5.41, 5.74) is 4.60. The Bertz CT molecular complexity index is 888. The molecule has 148 valence electrons. The SMILES string of the molecule is CC(C)CC(=O)Nc1nc2c(nc1CC1CCCC1)-c1ccc(F)cc1CC2. The molecule has 1 aromatic heterocycles. The molecule has 1 heterocycles. The van der Waals surface area contributed by atoms with Gasteiger partial charge in [0.15, 0.2) is 5.82 Å². The zero-order valence-electron chi connectivity index (χ0n) is 16.7. The van der Waals surface area contributed by atoms with Crippen molar-refractivity contribution in [3.63, 3.8) is 0 Å². The lowest BCUT2D eigenvalue weighted by Crippen LogP contribution is -2.20. The predicted molar refractivity (Wildman–Crippen MR) is 109 cm³/mol. The van der Waals surface area contributed by atoms with E-state index in [1.165, 1.54) is 31.7 Å². The molecule has 0 unspecified atom stereocenters. The van der Waals surface area contributed by atoms with Crippen LogP contribution < -0.4 is 5.32 Å². The van der Waals surface area contributed by atoms with Gasteiger partial charge in [-0.15, -0.1) is 0 Å². The smallest absolute Gasteiger partial charge is 0.225 e. The monoisotopic (exact) mass is 381 g/mol. The van der Waals surface area contributed by atoms with Gasteiger partial charge in [0, 0.05) is 12.0 Å². The molecule has 1 fully saturated rings. The zero-order valence-corrected chi connectivity index (χ0v) is 16.7. The molecule has 4 rings (SSSR count). The number of carbonyl (C=O) groups is 1. The quantitative estimate of drug-likeness (QED) is 0.784. The fourth-order valence-electron chi connectivity index (χ4n) is 4.43. The molecular formula is C23H28FN3O. The third-order valence-corrected chi connectivity index (χ3v) is 5.80. The van der Waals surface area contributed by atoms with Crippen LogP contribution in [0.3, 0.4) is 0 Å². The first kappa shape index (κ1) is 19.0. The molecule has 5 heteroatoms. The third kappa shape index (κ3) is 4.08. The summed E-state index contributed by atoms with van der Waals surface area (Å²) in [5.74, 6) is 1.31. The van der Waals surface area contributed by atoms with Gasteiger partial charge in [0.1, 0.15) is 5.82 Å². The molecule has 2 aliphatic rings. The van der Waals surface area contributed by atoms with Crippen LogP contribution in [0.25, 0.3) is 11.3 Å². The largest absolute Gasteiger partial charge is 0.309 e. The molecular weight excluding hydrogens is 353 g/mol. The number of hydrogen-bond donors (Lipinski definition) is 1. The van der Waals surface area contributed by atoms with Crippen molar-refractivity contribution >= 4 is 11.7 Å². The highest BCUT2D eigenvalue weighted by Crippen LogP contribution is 2.35. The Morgan fingerprint density at radius 3 is 2.75 bits per heavy atom. The maximum atomic E-state index is 13.6. The van der Waals surface area contributed by atoms with Crippen LogP contribution in [0.5, 0.6) is 0 Å². The van der Waals surface area contributed by atoms with Crippen LogP contribution in [0.4, 0.5) is 10.2 Å². The number of nitrogens with one attached hydrogen (secondary N) is 1. The van der Waals surface area contributed by atoms with E-state index in [0.717, 1.165) is 47.5 Å². The molecule has 2 aromatic rings. The summed E-state index contributed by atoms with van der Waals surface area (Å²) >= 11 is 0. The van der Waals surface area contributed by atoms with Gasteiger partial charge in [0.2, 0.25) is 5.91 Å².